The van der Waals surface area contributed by atoms with Crippen LogP contribution in [0.25, 0.3) is 0 Å². The first-order valence-corrected chi connectivity index (χ1v) is 6.91. The van der Waals surface area contributed by atoms with Crippen molar-refractivity contribution >= 4 is 18.3 Å². The Kier molecular flexibility index (Phi) is 8.55. The van der Waals surface area contributed by atoms with Crippen molar-refractivity contribution in [3.05, 3.63) is 35.9 Å². The molecule has 120 valence electrons. The van der Waals surface area contributed by atoms with Crippen LogP contribution in [0.5, 0.6) is 0 Å². The molecule has 2 N–H and O–H groups in total. The Morgan fingerprint density at radius 3 is 2.33 bits per heavy atom. The van der Waals surface area contributed by atoms with E-state index in [2.05, 4.69) is 20.8 Å². The average Bonchev–Trinajstić information content (AvgIpc) is 2.37. The van der Waals surface area contributed by atoms with E-state index in [1.807, 2.05) is 35.2 Å². The molecule has 0 radical (unpaired) electrons. The number of carbonyl (C=O) groups is 1. The van der Waals surface area contributed by atoms with Gasteiger partial charge in [0, 0.05) is 20.2 Å². The van der Waals surface area contributed by atoms with Crippen molar-refractivity contribution < 1.29 is 9.53 Å². The molecule has 0 spiro atoms. The molecule has 0 fully saturated rings. The SMILES string of the molecule is COCC(N)C(=O)N(Cc1ccccc1)CC(C)(C)C.Cl. The van der Waals surface area contributed by atoms with Crippen LogP contribution in [0.2, 0.25) is 0 Å². The summed E-state index contributed by atoms with van der Waals surface area (Å²) in [5, 5.41) is 0. The summed E-state index contributed by atoms with van der Waals surface area (Å²) in [7, 11) is 1.55. The topological polar surface area (TPSA) is 55.6 Å². The first-order valence-electron chi connectivity index (χ1n) is 6.91. The summed E-state index contributed by atoms with van der Waals surface area (Å²) in [6.45, 7) is 7.82. The van der Waals surface area contributed by atoms with Gasteiger partial charge in [0.2, 0.25) is 5.91 Å². The third kappa shape index (κ3) is 7.46. The minimum absolute atomic E-state index is 0. The zero-order valence-electron chi connectivity index (χ0n) is 13.3. The Morgan fingerprint density at radius 1 is 1.29 bits per heavy atom. The molecular weight excluding hydrogens is 288 g/mol. The van der Waals surface area contributed by atoms with Crippen molar-refractivity contribution in [3.8, 4) is 0 Å². The van der Waals surface area contributed by atoms with E-state index in [4.69, 9.17) is 10.5 Å². The maximum Gasteiger partial charge on any atom is 0.242 e. The van der Waals surface area contributed by atoms with Gasteiger partial charge in [-0.2, -0.15) is 0 Å². The van der Waals surface area contributed by atoms with Gasteiger partial charge in [0.25, 0.3) is 0 Å². The number of hydrogen-bond donors (Lipinski definition) is 1. The molecule has 1 aromatic carbocycles. The number of nitrogens with zero attached hydrogens (tertiary/aromatic N) is 1. The number of benzene rings is 1. The highest BCUT2D eigenvalue weighted by atomic mass is 35.5. The monoisotopic (exact) mass is 314 g/mol. The second kappa shape index (κ2) is 9.03. The van der Waals surface area contributed by atoms with E-state index in [-0.39, 0.29) is 30.3 Å². The van der Waals surface area contributed by atoms with Gasteiger partial charge in [-0.25, -0.2) is 0 Å². The Balaban J connectivity index is 0.00000400. The normalized spacial score (nSPS) is 12.4. The van der Waals surface area contributed by atoms with E-state index in [1.165, 1.54) is 0 Å². The van der Waals surface area contributed by atoms with E-state index in [0.29, 0.717) is 13.1 Å². The van der Waals surface area contributed by atoms with Gasteiger partial charge in [-0.1, -0.05) is 51.1 Å². The predicted octanol–water partition coefficient (Wildman–Crippen LogP) is 2.46. The lowest BCUT2D eigenvalue weighted by atomic mass is 9.95. The highest BCUT2D eigenvalue weighted by molar-refractivity contribution is 5.85. The molecule has 0 aliphatic rings. The van der Waals surface area contributed by atoms with Gasteiger partial charge in [-0.15, -0.1) is 12.4 Å². The van der Waals surface area contributed by atoms with Crippen molar-refractivity contribution in [3.63, 3.8) is 0 Å². The lowest BCUT2D eigenvalue weighted by Crippen LogP contribution is -2.48. The third-order valence-corrected chi connectivity index (χ3v) is 2.86. The van der Waals surface area contributed by atoms with Crippen molar-refractivity contribution in [2.45, 2.75) is 33.4 Å². The van der Waals surface area contributed by atoms with Crippen molar-refractivity contribution in [2.75, 3.05) is 20.3 Å². The minimum Gasteiger partial charge on any atom is -0.383 e. The van der Waals surface area contributed by atoms with E-state index in [1.54, 1.807) is 7.11 Å². The molecule has 0 aromatic heterocycles. The fourth-order valence-electron chi connectivity index (χ4n) is 2.07. The summed E-state index contributed by atoms with van der Waals surface area (Å²) >= 11 is 0. The molecule has 5 heteroatoms. The molecule has 0 aliphatic heterocycles. The van der Waals surface area contributed by atoms with E-state index >= 15 is 0 Å². The predicted molar refractivity (Wildman–Crippen MR) is 88.4 cm³/mol. The smallest absolute Gasteiger partial charge is 0.242 e. The second-order valence-corrected chi connectivity index (χ2v) is 6.30. The number of halogens is 1. The van der Waals surface area contributed by atoms with E-state index in [9.17, 15) is 4.79 Å². The van der Waals surface area contributed by atoms with Gasteiger partial charge in [0.1, 0.15) is 6.04 Å². The average molecular weight is 315 g/mol. The molecule has 1 rings (SSSR count). The summed E-state index contributed by atoms with van der Waals surface area (Å²) in [5.41, 5.74) is 7.02. The van der Waals surface area contributed by atoms with Crippen molar-refractivity contribution in [1.29, 1.82) is 0 Å². The zero-order chi connectivity index (χ0) is 15.2. The number of nitrogens with two attached hydrogens (primary N) is 1. The number of amides is 1. The Morgan fingerprint density at radius 2 is 1.86 bits per heavy atom. The number of ether oxygens (including phenoxy) is 1. The third-order valence-electron chi connectivity index (χ3n) is 2.86. The number of carbonyl (C=O) groups excluding carboxylic acids is 1. The van der Waals surface area contributed by atoms with Crippen LogP contribution in [0, 0.1) is 5.41 Å². The molecule has 0 heterocycles. The van der Waals surface area contributed by atoms with Crippen molar-refractivity contribution in [1.82, 2.24) is 4.90 Å². The second-order valence-electron chi connectivity index (χ2n) is 6.30. The van der Waals surface area contributed by atoms with E-state index < -0.39 is 6.04 Å². The lowest BCUT2D eigenvalue weighted by Gasteiger charge is -2.32. The maximum absolute atomic E-state index is 12.4. The highest BCUT2D eigenvalue weighted by Crippen LogP contribution is 2.18. The quantitative estimate of drug-likeness (QED) is 0.877. The van der Waals surface area contributed by atoms with Crippen LogP contribution in [0.3, 0.4) is 0 Å². The van der Waals surface area contributed by atoms with E-state index in [0.717, 1.165) is 5.56 Å². The zero-order valence-corrected chi connectivity index (χ0v) is 14.2. The molecule has 0 aliphatic carbocycles. The lowest BCUT2D eigenvalue weighted by molar-refractivity contribution is -0.135. The summed E-state index contributed by atoms with van der Waals surface area (Å²) in [5.74, 6) is -0.0642. The summed E-state index contributed by atoms with van der Waals surface area (Å²) < 4.78 is 4.98. The fourth-order valence-corrected chi connectivity index (χ4v) is 2.07. The Bertz CT molecular complexity index is 418. The largest absolute Gasteiger partial charge is 0.383 e. The molecule has 1 amide bonds. The number of rotatable bonds is 6. The van der Waals surface area contributed by atoms with Crippen molar-refractivity contribution in [2.24, 2.45) is 11.1 Å². The van der Waals surface area contributed by atoms with Crippen LogP contribution in [0.4, 0.5) is 0 Å². The molecule has 4 nitrogen and oxygen atoms in total. The highest BCUT2D eigenvalue weighted by Gasteiger charge is 2.25. The van der Waals surface area contributed by atoms with Gasteiger partial charge < -0.3 is 15.4 Å². The molecule has 0 saturated heterocycles. The minimum atomic E-state index is -0.605. The van der Waals surface area contributed by atoms with Gasteiger partial charge in [-0.05, 0) is 11.0 Å². The van der Waals surface area contributed by atoms with Crippen LogP contribution in [-0.4, -0.2) is 37.1 Å². The summed E-state index contributed by atoms with van der Waals surface area (Å²) in [6, 6.07) is 9.35. The van der Waals surface area contributed by atoms with Crippen LogP contribution >= 0.6 is 12.4 Å². The first kappa shape index (κ1) is 19.9. The first-order chi connectivity index (χ1) is 9.33. The van der Waals surface area contributed by atoms with Crippen LogP contribution < -0.4 is 5.73 Å². The molecule has 21 heavy (non-hydrogen) atoms. The molecule has 1 unspecified atom stereocenters. The van der Waals surface area contributed by atoms with Gasteiger partial charge in [0.05, 0.1) is 6.61 Å². The van der Waals surface area contributed by atoms with Gasteiger partial charge in [-0.3, -0.25) is 4.79 Å². The molecule has 1 aromatic rings. The molecule has 0 bridgehead atoms. The van der Waals surface area contributed by atoms with Crippen LogP contribution in [-0.2, 0) is 16.1 Å². The molecular formula is C16H27ClN2O2. The Hall–Kier alpha value is -1.10. The fraction of sp³-hybridized carbons (Fsp3) is 0.562. The summed E-state index contributed by atoms with van der Waals surface area (Å²) in [4.78, 5) is 14.3. The summed E-state index contributed by atoms with van der Waals surface area (Å²) in [6.07, 6.45) is 0. The number of methoxy groups -OCH3 is 1. The van der Waals surface area contributed by atoms with Crippen LogP contribution in [0.1, 0.15) is 26.3 Å². The van der Waals surface area contributed by atoms with Gasteiger partial charge >= 0.3 is 0 Å². The van der Waals surface area contributed by atoms with Gasteiger partial charge in [0.15, 0.2) is 0 Å². The molecule has 0 saturated carbocycles. The molecule has 1 atom stereocenters. The Labute approximate surface area is 134 Å². The maximum atomic E-state index is 12.4. The number of hydrogen-bond acceptors (Lipinski definition) is 3. The van der Waals surface area contributed by atoms with Crippen LogP contribution in [0.15, 0.2) is 30.3 Å². The standard InChI is InChI=1S/C16H26N2O2.ClH/c1-16(2,3)12-18(15(19)14(17)11-20-4)10-13-8-6-5-7-9-13;/h5-9,14H,10-12,17H2,1-4H3;1H.